The Morgan fingerprint density at radius 3 is 2.30 bits per heavy atom. The van der Waals surface area contributed by atoms with Crippen LogP contribution >= 0.6 is 0 Å². The van der Waals surface area contributed by atoms with Gasteiger partial charge in [0, 0.05) is 43.6 Å². The third-order valence-corrected chi connectivity index (χ3v) is 9.88. The van der Waals surface area contributed by atoms with E-state index in [9.17, 15) is 0 Å². The molecule has 4 aromatic heterocycles. The van der Waals surface area contributed by atoms with E-state index in [0.29, 0.717) is 5.65 Å². The number of para-hydroxylation sites is 1. The molecule has 0 unspecified atom stereocenters. The average molecular weight is 793 g/mol. The molecule has 0 amide bonds. The summed E-state index contributed by atoms with van der Waals surface area (Å²) in [5.41, 5.74) is 8.39. The maximum atomic E-state index is 6.50. The molecule has 229 valence electrons. The number of furan rings is 1. The van der Waals surface area contributed by atoms with E-state index >= 15 is 0 Å². The van der Waals surface area contributed by atoms with Crippen LogP contribution in [0.1, 0.15) is 5.56 Å². The molecule has 4 aromatic carbocycles. The van der Waals surface area contributed by atoms with Crippen LogP contribution in [0.5, 0.6) is 0 Å². The van der Waals surface area contributed by atoms with E-state index in [-0.39, 0.29) is 20.1 Å². The minimum absolute atomic E-state index is 0. The molecule has 0 bridgehead atoms. The number of hydrogen-bond donors (Lipinski definition) is 0. The van der Waals surface area contributed by atoms with E-state index in [4.69, 9.17) is 9.40 Å². The van der Waals surface area contributed by atoms with E-state index in [1.165, 1.54) is 5.19 Å². The smallest absolute Gasteiger partial charge is 0.168 e. The van der Waals surface area contributed by atoms with E-state index in [0.717, 1.165) is 61.4 Å². The summed E-state index contributed by atoms with van der Waals surface area (Å²) in [6.07, 6.45) is 3.65. The van der Waals surface area contributed by atoms with Crippen molar-refractivity contribution in [3.63, 3.8) is 0 Å². The number of aromatic nitrogens is 4. The van der Waals surface area contributed by atoms with Gasteiger partial charge in [0.1, 0.15) is 5.58 Å². The van der Waals surface area contributed by atoms with Gasteiger partial charge in [-0.25, -0.2) is 4.98 Å². The first-order valence-corrected chi connectivity index (χ1v) is 18.5. The summed E-state index contributed by atoms with van der Waals surface area (Å²) < 4.78 is 8.66. The van der Waals surface area contributed by atoms with Crippen molar-refractivity contribution in [3.8, 4) is 28.3 Å². The monoisotopic (exact) mass is 793 g/mol. The van der Waals surface area contributed by atoms with Crippen molar-refractivity contribution in [1.82, 2.24) is 19.5 Å². The molecule has 5 nitrogen and oxygen atoms in total. The Bertz CT molecular complexity index is 2220. The van der Waals surface area contributed by atoms with Gasteiger partial charge < -0.3 is 14.0 Å². The van der Waals surface area contributed by atoms with Crippen LogP contribution in [-0.4, -0.2) is 27.6 Å². The van der Waals surface area contributed by atoms with Crippen LogP contribution in [0.15, 0.2) is 126 Å². The van der Waals surface area contributed by atoms with Crippen molar-refractivity contribution < 1.29 is 24.5 Å². The van der Waals surface area contributed by atoms with E-state index in [2.05, 4.69) is 95.7 Å². The first-order chi connectivity index (χ1) is 21.9. The van der Waals surface area contributed by atoms with Crippen molar-refractivity contribution in [1.29, 1.82) is 0 Å². The molecule has 8 aromatic rings. The topological polar surface area (TPSA) is 56.7 Å². The molecular weight excluding hydrogens is 761 g/mol. The fraction of sp³-hybridized carbons (Fsp3) is 0.103. The first-order valence-electron chi connectivity index (χ1n) is 15.0. The zero-order valence-corrected chi connectivity index (χ0v) is 29.5. The zero-order chi connectivity index (χ0) is 31.0. The van der Waals surface area contributed by atoms with Crippen molar-refractivity contribution in [2.75, 3.05) is 0 Å². The van der Waals surface area contributed by atoms with E-state index in [1.54, 1.807) is 6.20 Å². The Morgan fingerprint density at radius 1 is 0.761 bits per heavy atom. The zero-order valence-electron chi connectivity index (χ0n) is 26.1. The van der Waals surface area contributed by atoms with Crippen LogP contribution in [0.4, 0.5) is 0 Å². The molecule has 0 aliphatic heterocycles. The molecule has 46 heavy (non-hydrogen) atoms. The number of benzene rings is 4. The maximum Gasteiger partial charge on any atom is 0.168 e. The third-order valence-electron chi connectivity index (χ3n) is 7.84. The number of pyridine rings is 2. The summed E-state index contributed by atoms with van der Waals surface area (Å²) in [5.74, 6) is 0.782. The summed E-state index contributed by atoms with van der Waals surface area (Å²) in [6.45, 7) is 9.12. The van der Waals surface area contributed by atoms with Crippen molar-refractivity contribution in [3.05, 3.63) is 139 Å². The average Bonchev–Trinajstić information content (AvgIpc) is 3.64. The Hall–Kier alpha value is -4.68. The second-order valence-corrected chi connectivity index (χ2v) is 17.2. The van der Waals surface area contributed by atoms with E-state index in [1.807, 2.05) is 72.9 Å². The minimum atomic E-state index is -1.45. The second kappa shape index (κ2) is 13.0. The van der Waals surface area contributed by atoms with Crippen molar-refractivity contribution in [2.24, 2.45) is 0 Å². The molecule has 0 saturated heterocycles. The number of rotatable bonds is 4. The number of imidazole rings is 1. The molecule has 0 atom stereocenters. The minimum Gasteiger partial charge on any atom is -0.501 e. The Kier molecular flexibility index (Phi) is 8.83. The molecule has 0 saturated carbocycles. The Morgan fingerprint density at radius 2 is 1.57 bits per heavy atom. The molecule has 1 radical (unpaired) electrons. The predicted molar refractivity (Wildman–Crippen MR) is 187 cm³/mol. The second-order valence-electron chi connectivity index (χ2n) is 12.1. The first kappa shape index (κ1) is 31.3. The molecule has 0 N–H and O–H groups in total. The number of nitrogens with zero attached hydrogens (tertiary/aromatic N) is 4. The SMILES string of the molecule is Cc1cnc2nc(-c3[c-]ccc4c3oc3cc([Si](C)(C)C)ccc34)n(-c3ccccc3)c2c1.[Ir].[c-]1ccccc1-c1ccccn1. The maximum absolute atomic E-state index is 6.50. The summed E-state index contributed by atoms with van der Waals surface area (Å²) in [7, 11) is -1.45. The summed E-state index contributed by atoms with van der Waals surface area (Å²) in [6, 6.07) is 43.4. The molecule has 4 heterocycles. The summed E-state index contributed by atoms with van der Waals surface area (Å²) in [4.78, 5) is 13.8. The Labute approximate surface area is 283 Å². The van der Waals surface area contributed by atoms with Crippen LogP contribution in [0.25, 0.3) is 61.4 Å². The molecule has 8 rings (SSSR count). The summed E-state index contributed by atoms with van der Waals surface area (Å²) >= 11 is 0. The Balaban J connectivity index is 0.000000241. The van der Waals surface area contributed by atoms with Crippen molar-refractivity contribution >= 4 is 46.4 Å². The third kappa shape index (κ3) is 6.09. The molecule has 0 spiro atoms. The van der Waals surface area contributed by atoms with Gasteiger partial charge in [0.25, 0.3) is 0 Å². The molecule has 0 aliphatic carbocycles. The number of fused-ring (bicyclic) bond motifs is 4. The molecule has 0 aliphatic rings. The molecule has 7 heteroatoms. The standard InChI is InChI=1S/C28H24N3OSi.C11H8N.Ir/c1-18-15-24-27(29-17-18)30-28(31(24)19-9-6-5-7-10-19)23-12-8-11-22-21-14-13-20(33(2,3)4)16-25(21)32-26(22)23;1-2-6-10(7-3-1)11-8-4-5-9-12-11;/h5-11,13-17H,1-4H3;1-6,8-9H;/q2*-1;. The fourth-order valence-electron chi connectivity index (χ4n) is 5.52. The fourth-order valence-corrected chi connectivity index (χ4v) is 6.66. The van der Waals surface area contributed by atoms with Gasteiger partial charge in [-0.2, -0.15) is 0 Å². The van der Waals surface area contributed by atoms with Gasteiger partial charge in [0.2, 0.25) is 0 Å². The van der Waals surface area contributed by atoms with Gasteiger partial charge in [0.15, 0.2) is 5.65 Å². The van der Waals surface area contributed by atoms with Gasteiger partial charge in [-0.1, -0.05) is 78.2 Å². The molecule has 0 fully saturated rings. The van der Waals surface area contributed by atoms with Crippen LogP contribution in [0.2, 0.25) is 19.6 Å². The molecular formula is C39H32IrN4OSi-2. The van der Waals surface area contributed by atoms with Crippen LogP contribution in [0, 0.1) is 19.1 Å². The van der Waals surface area contributed by atoms with Gasteiger partial charge in [-0.3, -0.25) is 4.98 Å². The quantitative estimate of drug-likeness (QED) is 0.132. The van der Waals surface area contributed by atoms with Gasteiger partial charge in [0.05, 0.1) is 25.0 Å². The van der Waals surface area contributed by atoms with Gasteiger partial charge >= 0.3 is 0 Å². The van der Waals surface area contributed by atoms with Gasteiger partial charge in [-0.05, 0) is 48.5 Å². The predicted octanol–water partition coefficient (Wildman–Crippen LogP) is 9.19. The summed E-state index contributed by atoms with van der Waals surface area (Å²) in [5, 5.41) is 3.59. The number of aryl methyl sites for hydroxylation is 1. The van der Waals surface area contributed by atoms with Crippen molar-refractivity contribution in [2.45, 2.75) is 26.6 Å². The normalized spacial score (nSPS) is 11.3. The van der Waals surface area contributed by atoms with E-state index < -0.39 is 8.07 Å². The van der Waals surface area contributed by atoms with Gasteiger partial charge in [-0.15, -0.1) is 54.1 Å². The largest absolute Gasteiger partial charge is 0.501 e. The van der Waals surface area contributed by atoms with Crippen LogP contribution in [0.3, 0.4) is 0 Å². The number of hydrogen-bond acceptors (Lipinski definition) is 4. The van der Waals surface area contributed by atoms with Crippen LogP contribution < -0.4 is 5.19 Å². The van der Waals surface area contributed by atoms with Crippen LogP contribution in [-0.2, 0) is 20.1 Å².